The third kappa shape index (κ3) is 2.70. The van der Waals surface area contributed by atoms with E-state index in [1.165, 1.54) is 18.2 Å². The van der Waals surface area contributed by atoms with E-state index in [1.807, 2.05) is 0 Å². The van der Waals surface area contributed by atoms with Gasteiger partial charge in [0.2, 0.25) is 0 Å². The van der Waals surface area contributed by atoms with Crippen LogP contribution in [0.1, 0.15) is 10.4 Å². The van der Waals surface area contributed by atoms with Crippen LogP contribution in [0.4, 0.5) is 0 Å². The van der Waals surface area contributed by atoms with Gasteiger partial charge in [-0.1, -0.05) is 23.2 Å². The molecule has 0 aliphatic rings. The number of hydrogen-bond donors (Lipinski definition) is 1. The normalized spacial score (nSPS) is 8.83. The van der Waals surface area contributed by atoms with Crippen molar-refractivity contribution >= 4 is 29.2 Å². The molecule has 0 saturated carbocycles. The second-order valence-corrected chi connectivity index (χ2v) is 2.82. The van der Waals surface area contributed by atoms with E-state index in [1.54, 1.807) is 0 Å². The van der Waals surface area contributed by atoms with Gasteiger partial charge in [-0.15, -0.1) is 0 Å². The highest BCUT2D eigenvalue weighted by molar-refractivity contribution is 6.35. The summed E-state index contributed by atoms with van der Waals surface area (Å²) in [6.07, 6.45) is 0. The number of aromatic carboxylic acids is 1. The van der Waals surface area contributed by atoms with E-state index in [2.05, 4.69) is 0 Å². The Labute approximate surface area is 79.5 Å². The Morgan fingerprint density at radius 3 is 1.92 bits per heavy atom. The van der Waals surface area contributed by atoms with Crippen molar-refractivity contribution in [3.63, 3.8) is 0 Å². The lowest BCUT2D eigenvalue weighted by Gasteiger charge is -2.02. The molecule has 1 aromatic rings. The number of hydrogen-bond acceptors (Lipinski definition) is 2. The third-order valence-electron chi connectivity index (χ3n) is 1.10. The molecule has 0 saturated heterocycles. The Morgan fingerprint density at radius 2 is 1.58 bits per heavy atom. The maximum atomic E-state index is 10.3. The Balaban J connectivity index is 0.00000121. The third-order valence-corrected chi connectivity index (χ3v) is 1.53. The fourth-order valence-corrected chi connectivity index (χ4v) is 1.20. The van der Waals surface area contributed by atoms with Gasteiger partial charge in [0.25, 0.3) is 0 Å². The highest BCUT2D eigenvalue weighted by Crippen LogP contribution is 2.18. The van der Waals surface area contributed by atoms with Gasteiger partial charge in [-0.05, 0) is 18.2 Å². The van der Waals surface area contributed by atoms with Crippen molar-refractivity contribution in [2.75, 3.05) is 0 Å². The van der Waals surface area contributed by atoms with Crippen molar-refractivity contribution in [2.45, 2.75) is 0 Å². The predicted octanol–water partition coefficient (Wildman–Crippen LogP) is 1.73. The Kier molecular flexibility index (Phi) is 4.03. The fourth-order valence-electron chi connectivity index (χ4n) is 0.672. The van der Waals surface area contributed by atoms with Crippen LogP contribution in [0.5, 0.6) is 0 Å². The van der Waals surface area contributed by atoms with E-state index in [4.69, 9.17) is 23.2 Å². The number of carboxylic acids is 1. The zero-order valence-electron chi connectivity index (χ0n) is 6.30. The van der Waals surface area contributed by atoms with Crippen LogP contribution in [0.2, 0.25) is 10.0 Å². The minimum Gasteiger partial charge on any atom is -0.545 e. The average molecular weight is 208 g/mol. The highest BCUT2D eigenvalue weighted by Gasteiger charge is 1.97. The maximum absolute atomic E-state index is 10.3. The molecule has 1 rings (SSSR count). The van der Waals surface area contributed by atoms with Gasteiger partial charge < -0.3 is 16.1 Å². The summed E-state index contributed by atoms with van der Waals surface area (Å²) in [5.41, 5.74) is -0.0116. The first-order valence-corrected chi connectivity index (χ1v) is 3.52. The lowest BCUT2D eigenvalue weighted by molar-refractivity contribution is -0.255. The van der Waals surface area contributed by atoms with Crippen molar-refractivity contribution in [1.82, 2.24) is 6.15 Å². The summed E-state index contributed by atoms with van der Waals surface area (Å²) in [7, 11) is 0. The topological polar surface area (TPSA) is 76.6 Å². The summed E-state index contributed by atoms with van der Waals surface area (Å²) in [5, 5.41) is 10.9. The molecule has 0 fully saturated rings. The molecule has 5 heteroatoms. The summed E-state index contributed by atoms with van der Waals surface area (Å²) in [4.78, 5) is 10.3. The number of benzene rings is 1. The summed E-state index contributed by atoms with van der Waals surface area (Å²) in [5.74, 6) is -1.28. The maximum Gasteiger partial charge on any atom is 0.0716 e. The highest BCUT2D eigenvalue weighted by atomic mass is 35.5. The van der Waals surface area contributed by atoms with Gasteiger partial charge >= 0.3 is 0 Å². The van der Waals surface area contributed by atoms with E-state index >= 15 is 0 Å². The van der Waals surface area contributed by atoms with Crippen LogP contribution in [0.15, 0.2) is 18.2 Å². The van der Waals surface area contributed by atoms with Crippen molar-refractivity contribution in [2.24, 2.45) is 0 Å². The van der Waals surface area contributed by atoms with Gasteiger partial charge in [-0.2, -0.15) is 0 Å². The molecule has 0 heterocycles. The first kappa shape index (κ1) is 11.2. The molecule has 0 radical (unpaired) electrons. The summed E-state index contributed by atoms with van der Waals surface area (Å²) in [6.45, 7) is 0. The van der Waals surface area contributed by atoms with Crippen LogP contribution in [0.3, 0.4) is 0 Å². The lowest BCUT2D eigenvalue weighted by atomic mass is 10.2. The molecule has 66 valence electrons. The van der Waals surface area contributed by atoms with Crippen molar-refractivity contribution < 1.29 is 9.90 Å². The van der Waals surface area contributed by atoms with Crippen molar-refractivity contribution in [1.29, 1.82) is 0 Å². The molecular formula is C7H7Cl2NO2. The zero-order valence-corrected chi connectivity index (χ0v) is 7.82. The Hall–Kier alpha value is -0.770. The molecular weight excluding hydrogens is 201 g/mol. The first-order chi connectivity index (χ1) is 5.09. The van der Waals surface area contributed by atoms with Crippen LogP contribution in [0.25, 0.3) is 0 Å². The van der Waals surface area contributed by atoms with E-state index in [-0.39, 0.29) is 21.8 Å². The van der Waals surface area contributed by atoms with E-state index in [9.17, 15) is 9.90 Å². The van der Waals surface area contributed by atoms with Gasteiger partial charge in [0.15, 0.2) is 0 Å². The molecule has 0 atom stereocenters. The van der Waals surface area contributed by atoms with Crippen molar-refractivity contribution in [3.05, 3.63) is 33.8 Å². The van der Waals surface area contributed by atoms with Gasteiger partial charge in [-0.25, -0.2) is 0 Å². The number of quaternary nitrogens is 1. The fraction of sp³-hybridized carbons (Fsp3) is 0. The second-order valence-electron chi connectivity index (χ2n) is 1.95. The molecule has 0 aliphatic heterocycles. The van der Waals surface area contributed by atoms with Gasteiger partial charge in [0, 0.05) is 15.6 Å². The van der Waals surface area contributed by atoms with E-state index < -0.39 is 5.97 Å². The zero-order chi connectivity index (χ0) is 8.43. The smallest absolute Gasteiger partial charge is 0.0716 e. The van der Waals surface area contributed by atoms with Crippen molar-refractivity contribution in [3.8, 4) is 0 Å². The van der Waals surface area contributed by atoms with Crippen LogP contribution in [0, 0.1) is 0 Å². The quantitative estimate of drug-likeness (QED) is 0.762. The number of carbonyl (C=O) groups excluding carboxylic acids is 1. The molecule has 0 aliphatic carbocycles. The van der Waals surface area contributed by atoms with Crippen LogP contribution < -0.4 is 11.3 Å². The average Bonchev–Trinajstić information content (AvgIpc) is 1.85. The number of rotatable bonds is 1. The molecule has 0 spiro atoms. The molecule has 0 bridgehead atoms. The van der Waals surface area contributed by atoms with E-state index in [0.29, 0.717) is 0 Å². The monoisotopic (exact) mass is 207 g/mol. The first-order valence-electron chi connectivity index (χ1n) is 2.77. The lowest BCUT2D eigenvalue weighted by Crippen LogP contribution is -2.22. The van der Waals surface area contributed by atoms with Crippen LogP contribution >= 0.6 is 23.2 Å². The van der Waals surface area contributed by atoms with Gasteiger partial charge in [0.1, 0.15) is 0 Å². The summed E-state index contributed by atoms with van der Waals surface area (Å²) in [6, 6.07) is 4.01. The second kappa shape index (κ2) is 4.30. The largest absolute Gasteiger partial charge is 0.545 e. The molecule has 0 aromatic heterocycles. The minimum absolute atomic E-state index is 0. The number of carbonyl (C=O) groups is 1. The SMILES string of the molecule is O=C([O-])c1cc(Cl)cc(Cl)c1.[NH4+]. The molecule has 3 nitrogen and oxygen atoms in total. The number of carboxylic acid groups (broad SMARTS) is 1. The molecule has 12 heavy (non-hydrogen) atoms. The Bertz CT molecular complexity index is 281. The summed E-state index contributed by atoms with van der Waals surface area (Å²) < 4.78 is 0. The molecule has 0 amide bonds. The predicted molar refractivity (Wildman–Crippen MR) is 46.8 cm³/mol. The Morgan fingerprint density at radius 1 is 1.17 bits per heavy atom. The van der Waals surface area contributed by atoms with Crippen LogP contribution in [-0.4, -0.2) is 5.97 Å². The molecule has 4 N–H and O–H groups in total. The minimum atomic E-state index is -1.28. The van der Waals surface area contributed by atoms with Gasteiger partial charge in [-0.3, -0.25) is 0 Å². The van der Waals surface area contributed by atoms with Crippen LogP contribution in [-0.2, 0) is 0 Å². The molecule has 0 unspecified atom stereocenters. The van der Waals surface area contributed by atoms with E-state index in [0.717, 1.165) is 0 Å². The number of halogens is 2. The standard InChI is InChI=1S/C7H4Cl2O2.H3N/c8-5-1-4(7(10)11)2-6(9)3-5;/h1-3H,(H,10,11);1H3. The molecule has 1 aromatic carbocycles. The van der Waals surface area contributed by atoms with Gasteiger partial charge in [0.05, 0.1) is 5.97 Å². The summed E-state index contributed by atoms with van der Waals surface area (Å²) >= 11 is 11.0.